The Labute approximate surface area is 107 Å². The van der Waals surface area contributed by atoms with Gasteiger partial charge in [0.05, 0.1) is 12.6 Å². The zero-order valence-electron chi connectivity index (χ0n) is 11.0. The smallest absolute Gasteiger partial charge is 0.304 e. The van der Waals surface area contributed by atoms with Crippen molar-refractivity contribution in [2.75, 3.05) is 6.54 Å². The summed E-state index contributed by atoms with van der Waals surface area (Å²) in [5, 5.41) is 13.1. The largest absolute Gasteiger partial charge is 0.481 e. The van der Waals surface area contributed by atoms with Crippen molar-refractivity contribution in [2.24, 2.45) is 0 Å². The maximum atomic E-state index is 10.7. The summed E-state index contributed by atoms with van der Waals surface area (Å²) in [5.41, 5.74) is 1.18. The monoisotopic (exact) mass is 251 g/mol. The Morgan fingerprint density at radius 3 is 2.89 bits per heavy atom. The Bertz CT molecular complexity index is 412. The molecule has 5 nitrogen and oxygen atoms in total. The van der Waals surface area contributed by atoms with Crippen molar-refractivity contribution >= 4 is 5.97 Å². The minimum absolute atomic E-state index is 0.211. The van der Waals surface area contributed by atoms with Gasteiger partial charge in [0.25, 0.3) is 0 Å². The molecular weight excluding hydrogens is 230 g/mol. The lowest BCUT2D eigenvalue weighted by atomic mass is 10.1. The van der Waals surface area contributed by atoms with Crippen LogP contribution in [0.3, 0.4) is 0 Å². The highest BCUT2D eigenvalue weighted by molar-refractivity contribution is 5.66. The third-order valence-electron chi connectivity index (χ3n) is 3.56. The zero-order chi connectivity index (χ0) is 13.1. The molecule has 1 fully saturated rings. The number of hydrogen-bond donors (Lipinski definition) is 1. The minimum atomic E-state index is -0.725. The van der Waals surface area contributed by atoms with Crippen LogP contribution >= 0.6 is 0 Å². The molecule has 0 aromatic carbocycles. The first-order valence-electron chi connectivity index (χ1n) is 6.61. The predicted molar refractivity (Wildman–Crippen MR) is 68.3 cm³/mol. The van der Waals surface area contributed by atoms with E-state index in [2.05, 4.69) is 30.0 Å². The maximum Gasteiger partial charge on any atom is 0.304 e. The van der Waals surface area contributed by atoms with Gasteiger partial charge in [0, 0.05) is 36.9 Å². The number of aryl methyl sites for hydroxylation is 1. The van der Waals surface area contributed by atoms with E-state index in [9.17, 15) is 4.79 Å². The van der Waals surface area contributed by atoms with Crippen LogP contribution in [0.4, 0.5) is 0 Å². The fourth-order valence-corrected chi connectivity index (χ4v) is 2.28. The molecule has 2 rings (SSSR count). The molecule has 100 valence electrons. The van der Waals surface area contributed by atoms with Crippen LogP contribution in [-0.2, 0) is 11.3 Å². The Morgan fingerprint density at radius 2 is 2.39 bits per heavy atom. The number of aliphatic carboxylic acids is 1. The average molecular weight is 251 g/mol. The lowest BCUT2D eigenvalue weighted by molar-refractivity contribution is -0.137. The highest BCUT2D eigenvalue weighted by Gasteiger charge is 2.33. The van der Waals surface area contributed by atoms with Gasteiger partial charge < -0.3 is 5.11 Å². The molecule has 18 heavy (non-hydrogen) atoms. The van der Waals surface area contributed by atoms with E-state index in [0.29, 0.717) is 12.6 Å². The number of nitrogens with zero attached hydrogens (tertiary/aromatic N) is 3. The highest BCUT2D eigenvalue weighted by atomic mass is 16.4. The van der Waals surface area contributed by atoms with Gasteiger partial charge >= 0.3 is 5.97 Å². The molecular formula is C13H21N3O2. The minimum Gasteiger partial charge on any atom is -0.481 e. The molecule has 1 aliphatic carbocycles. The SMILES string of the molecule is CCn1cc(C(C)N(CCC(=O)O)C2CC2)cn1. The number of aromatic nitrogens is 2. The first kappa shape index (κ1) is 13.1. The van der Waals surface area contributed by atoms with Gasteiger partial charge in [0.2, 0.25) is 0 Å². The molecule has 1 unspecified atom stereocenters. The summed E-state index contributed by atoms with van der Waals surface area (Å²) >= 11 is 0. The Balaban J connectivity index is 2.02. The molecule has 1 saturated carbocycles. The van der Waals surface area contributed by atoms with Crippen molar-refractivity contribution in [3.63, 3.8) is 0 Å². The van der Waals surface area contributed by atoms with Crippen LogP contribution in [0.2, 0.25) is 0 Å². The Kier molecular flexibility index (Phi) is 4.01. The molecule has 0 aliphatic heterocycles. The Hall–Kier alpha value is -1.36. The number of carboxylic acids is 1. The van der Waals surface area contributed by atoms with E-state index in [-0.39, 0.29) is 12.5 Å². The van der Waals surface area contributed by atoms with Gasteiger partial charge in [0.15, 0.2) is 0 Å². The molecule has 1 N–H and O–H groups in total. The summed E-state index contributed by atoms with van der Waals surface area (Å²) in [6.07, 6.45) is 6.53. The second-order valence-corrected chi connectivity index (χ2v) is 4.92. The van der Waals surface area contributed by atoms with E-state index in [0.717, 1.165) is 6.54 Å². The lowest BCUT2D eigenvalue weighted by Crippen LogP contribution is -2.31. The quantitative estimate of drug-likeness (QED) is 0.804. The number of carboxylic acid groups (broad SMARTS) is 1. The molecule has 0 bridgehead atoms. The normalized spacial score (nSPS) is 17.1. The van der Waals surface area contributed by atoms with Gasteiger partial charge in [-0.3, -0.25) is 14.4 Å². The molecule has 1 aliphatic rings. The topological polar surface area (TPSA) is 58.4 Å². The third kappa shape index (κ3) is 3.10. The zero-order valence-corrected chi connectivity index (χ0v) is 11.0. The maximum absolute atomic E-state index is 10.7. The molecule has 1 aromatic heterocycles. The number of carbonyl (C=O) groups is 1. The molecule has 5 heteroatoms. The van der Waals surface area contributed by atoms with Crippen molar-refractivity contribution in [1.82, 2.24) is 14.7 Å². The third-order valence-corrected chi connectivity index (χ3v) is 3.56. The standard InChI is InChI=1S/C13H21N3O2/c1-3-15-9-11(8-14-15)10(2)16(12-4-5-12)7-6-13(17)18/h8-10,12H,3-7H2,1-2H3,(H,17,18). The van der Waals surface area contributed by atoms with Gasteiger partial charge in [-0.2, -0.15) is 5.10 Å². The van der Waals surface area contributed by atoms with Crippen LogP contribution in [0, 0.1) is 0 Å². The highest BCUT2D eigenvalue weighted by Crippen LogP contribution is 2.34. The van der Waals surface area contributed by atoms with Crippen LogP contribution in [0.5, 0.6) is 0 Å². The van der Waals surface area contributed by atoms with Crippen molar-refractivity contribution in [3.05, 3.63) is 18.0 Å². The van der Waals surface area contributed by atoms with Crippen LogP contribution in [-0.4, -0.2) is 38.3 Å². The molecule has 0 saturated heterocycles. The lowest BCUT2D eigenvalue weighted by Gasteiger charge is -2.27. The van der Waals surface area contributed by atoms with Gasteiger partial charge in [-0.05, 0) is 26.7 Å². The van der Waals surface area contributed by atoms with E-state index < -0.39 is 5.97 Å². The first-order chi connectivity index (χ1) is 8.61. The Morgan fingerprint density at radius 1 is 1.67 bits per heavy atom. The van der Waals surface area contributed by atoms with E-state index in [1.807, 2.05) is 10.9 Å². The molecule has 1 atom stereocenters. The predicted octanol–water partition coefficient (Wildman–Crippen LogP) is 1.90. The van der Waals surface area contributed by atoms with Crippen molar-refractivity contribution < 1.29 is 9.90 Å². The van der Waals surface area contributed by atoms with E-state index in [1.165, 1.54) is 18.4 Å². The van der Waals surface area contributed by atoms with Crippen molar-refractivity contribution in [2.45, 2.75) is 51.7 Å². The first-order valence-corrected chi connectivity index (χ1v) is 6.61. The summed E-state index contributed by atoms with van der Waals surface area (Å²) in [6.45, 7) is 5.69. The summed E-state index contributed by atoms with van der Waals surface area (Å²) in [4.78, 5) is 13.0. The summed E-state index contributed by atoms with van der Waals surface area (Å²) in [5.74, 6) is -0.725. The number of hydrogen-bond acceptors (Lipinski definition) is 3. The summed E-state index contributed by atoms with van der Waals surface area (Å²) < 4.78 is 1.91. The molecule has 1 heterocycles. The van der Waals surface area contributed by atoms with E-state index in [1.54, 1.807) is 0 Å². The van der Waals surface area contributed by atoms with E-state index in [4.69, 9.17) is 5.11 Å². The number of rotatable bonds is 7. The second kappa shape index (κ2) is 5.52. The van der Waals surface area contributed by atoms with Gasteiger partial charge in [-0.15, -0.1) is 0 Å². The van der Waals surface area contributed by atoms with Crippen LogP contribution in [0.1, 0.15) is 44.7 Å². The van der Waals surface area contributed by atoms with Crippen LogP contribution < -0.4 is 0 Å². The summed E-state index contributed by atoms with van der Waals surface area (Å²) in [6, 6.07) is 0.807. The molecule has 0 spiro atoms. The van der Waals surface area contributed by atoms with E-state index >= 15 is 0 Å². The average Bonchev–Trinajstić information content (AvgIpc) is 3.06. The second-order valence-electron chi connectivity index (χ2n) is 4.92. The van der Waals surface area contributed by atoms with Crippen LogP contribution in [0.15, 0.2) is 12.4 Å². The van der Waals surface area contributed by atoms with Crippen molar-refractivity contribution in [1.29, 1.82) is 0 Å². The van der Waals surface area contributed by atoms with Crippen molar-refractivity contribution in [3.8, 4) is 0 Å². The molecule has 1 aromatic rings. The fourth-order valence-electron chi connectivity index (χ4n) is 2.28. The van der Waals surface area contributed by atoms with Gasteiger partial charge in [-0.25, -0.2) is 0 Å². The molecule has 0 radical (unpaired) electrons. The fraction of sp³-hybridized carbons (Fsp3) is 0.692. The molecule has 0 amide bonds. The van der Waals surface area contributed by atoms with Crippen LogP contribution in [0.25, 0.3) is 0 Å². The van der Waals surface area contributed by atoms with Gasteiger partial charge in [-0.1, -0.05) is 0 Å². The van der Waals surface area contributed by atoms with Gasteiger partial charge in [0.1, 0.15) is 0 Å². The summed E-state index contributed by atoms with van der Waals surface area (Å²) in [7, 11) is 0.